The van der Waals surface area contributed by atoms with Crippen LogP contribution in [-0.4, -0.2) is 62.4 Å². The van der Waals surface area contributed by atoms with Gasteiger partial charge in [-0.25, -0.2) is 14.4 Å². The van der Waals surface area contributed by atoms with Gasteiger partial charge in [-0.2, -0.15) is 4.98 Å². The molecule has 0 bridgehead atoms. The predicted molar refractivity (Wildman–Crippen MR) is 129 cm³/mol. The van der Waals surface area contributed by atoms with Gasteiger partial charge in [0, 0.05) is 55.6 Å². The average molecular weight is 468 g/mol. The minimum Gasteiger partial charge on any atom is -0.390 e. The number of aliphatic hydroxyl groups excluding tert-OH is 1. The van der Waals surface area contributed by atoms with Gasteiger partial charge in [-0.1, -0.05) is 6.92 Å². The third-order valence-electron chi connectivity index (χ3n) is 6.82. The lowest BCUT2D eigenvalue weighted by atomic mass is 10.1. The minimum absolute atomic E-state index is 0.0647. The summed E-state index contributed by atoms with van der Waals surface area (Å²) < 4.78 is 16.2. The maximum Gasteiger partial charge on any atom is 0.227 e. The molecule has 180 valence electrons. The highest BCUT2D eigenvalue weighted by Gasteiger charge is 2.29. The van der Waals surface area contributed by atoms with Crippen LogP contribution >= 0.6 is 0 Å². The zero-order valence-corrected chi connectivity index (χ0v) is 19.5. The van der Waals surface area contributed by atoms with Gasteiger partial charge in [0.05, 0.1) is 23.9 Å². The first-order valence-electron chi connectivity index (χ1n) is 11.9. The highest BCUT2D eigenvalue weighted by Crippen LogP contribution is 2.35. The van der Waals surface area contributed by atoms with Crippen molar-refractivity contribution in [1.82, 2.24) is 19.5 Å². The van der Waals surface area contributed by atoms with Crippen LogP contribution in [0.25, 0.3) is 10.9 Å². The number of fused-ring (bicyclic) bond motifs is 1. The monoisotopic (exact) mass is 467 g/mol. The van der Waals surface area contributed by atoms with Crippen LogP contribution in [0.4, 0.5) is 27.7 Å². The molecule has 1 amide bonds. The Morgan fingerprint density at radius 3 is 2.88 bits per heavy atom. The fourth-order valence-corrected chi connectivity index (χ4v) is 4.65. The van der Waals surface area contributed by atoms with E-state index in [0.717, 1.165) is 36.0 Å². The standard InChI is InChI=1S/C24H30FN7O2/c1-3-15(2)32-14-19(31-9-4-5-23(31)34)16-12-27-22(11-18(16)32)28-21-6-8-26-24(29-21)30-10-7-20(33)17(25)13-30/h6,8,11-12,14-15,17,20,33H,3-5,7,9-10,13H2,1-2H3,(H,26,27,28,29). The number of piperidine rings is 1. The number of anilines is 4. The Bertz CT molecular complexity index is 1200. The summed E-state index contributed by atoms with van der Waals surface area (Å²) in [7, 11) is 0. The summed E-state index contributed by atoms with van der Waals surface area (Å²) in [4.78, 5) is 29.4. The number of carbonyl (C=O) groups is 1. The van der Waals surface area contributed by atoms with E-state index in [1.54, 1.807) is 23.4 Å². The van der Waals surface area contributed by atoms with E-state index in [1.165, 1.54) is 0 Å². The van der Waals surface area contributed by atoms with Gasteiger partial charge >= 0.3 is 0 Å². The Kier molecular flexibility index (Phi) is 6.07. The summed E-state index contributed by atoms with van der Waals surface area (Å²) in [5, 5.41) is 13.8. The van der Waals surface area contributed by atoms with Crippen molar-refractivity contribution >= 4 is 40.1 Å². The van der Waals surface area contributed by atoms with Crippen molar-refractivity contribution in [2.24, 2.45) is 0 Å². The molecule has 2 fully saturated rings. The molecule has 2 aliphatic rings. The molecule has 0 spiro atoms. The van der Waals surface area contributed by atoms with E-state index >= 15 is 0 Å². The average Bonchev–Trinajstić information content (AvgIpc) is 3.43. The van der Waals surface area contributed by atoms with E-state index in [0.29, 0.717) is 37.0 Å². The number of pyridine rings is 1. The van der Waals surface area contributed by atoms with Crippen molar-refractivity contribution in [3.63, 3.8) is 0 Å². The van der Waals surface area contributed by atoms with Gasteiger partial charge < -0.3 is 24.8 Å². The van der Waals surface area contributed by atoms with Gasteiger partial charge in [0.25, 0.3) is 0 Å². The molecule has 5 heterocycles. The number of halogens is 1. The lowest BCUT2D eigenvalue weighted by Crippen LogP contribution is -2.45. The molecule has 0 aromatic carbocycles. The second kappa shape index (κ2) is 9.17. The zero-order valence-electron chi connectivity index (χ0n) is 19.5. The summed E-state index contributed by atoms with van der Waals surface area (Å²) in [6.07, 6.45) is 6.00. The first-order chi connectivity index (χ1) is 16.4. The van der Waals surface area contributed by atoms with E-state index in [9.17, 15) is 14.3 Å². The molecule has 10 heteroatoms. The van der Waals surface area contributed by atoms with Crippen molar-refractivity contribution in [2.45, 2.75) is 57.8 Å². The molecule has 9 nitrogen and oxygen atoms in total. The second-order valence-electron chi connectivity index (χ2n) is 9.10. The molecule has 3 aromatic heterocycles. The van der Waals surface area contributed by atoms with Crippen LogP contribution in [0.3, 0.4) is 0 Å². The van der Waals surface area contributed by atoms with Crippen LogP contribution in [0, 0.1) is 0 Å². The molecular weight excluding hydrogens is 437 g/mol. The van der Waals surface area contributed by atoms with Gasteiger partial charge in [0.2, 0.25) is 11.9 Å². The van der Waals surface area contributed by atoms with Gasteiger partial charge in [-0.3, -0.25) is 4.79 Å². The van der Waals surface area contributed by atoms with Crippen LogP contribution in [0.1, 0.15) is 45.6 Å². The topological polar surface area (TPSA) is 99.4 Å². The normalized spacial score (nSPS) is 21.9. The van der Waals surface area contributed by atoms with Crippen molar-refractivity contribution in [3.05, 3.63) is 30.7 Å². The summed E-state index contributed by atoms with van der Waals surface area (Å²) in [5.74, 6) is 1.74. The zero-order chi connectivity index (χ0) is 23.8. The number of carbonyl (C=O) groups excluding carboxylic acids is 1. The van der Waals surface area contributed by atoms with Crippen molar-refractivity contribution < 1.29 is 14.3 Å². The Morgan fingerprint density at radius 1 is 1.29 bits per heavy atom. The maximum absolute atomic E-state index is 14.0. The number of nitrogens with one attached hydrogen (secondary N) is 1. The smallest absolute Gasteiger partial charge is 0.227 e. The summed E-state index contributed by atoms with van der Waals surface area (Å²) in [6, 6.07) is 3.98. The highest BCUT2D eigenvalue weighted by molar-refractivity contribution is 6.05. The van der Waals surface area contributed by atoms with Gasteiger partial charge in [-0.15, -0.1) is 0 Å². The number of rotatable bonds is 6. The minimum atomic E-state index is -1.32. The van der Waals surface area contributed by atoms with Crippen molar-refractivity contribution in [3.8, 4) is 0 Å². The number of aliphatic hydroxyl groups is 1. The summed E-state index contributed by atoms with van der Waals surface area (Å²) in [5.41, 5.74) is 1.91. The number of amides is 1. The number of hydrogen-bond acceptors (Lipinski definition) is 7. The first-order valence-corrected chi connectivity index (χ1v) is 11.9. The molecule has 0 aliphatic carbocycles. The highest BCUT2D eigenvalue weighted by atomic mass is 19.1. The Morgan fingerprint density at radius 2 is 2.15 bits per heavy atom. The van der Waals surface area contributed by atoms with E-state index < -0.39 is 12.3 Å². The molecular formula is C24H30FN7O2. The lowest BCUT2D eigenvalue weighted by Gasteiger charge is -2.32. The van der Waals surface area contributed by atoms with E-state index in [4.69, 9.17) is 0 Å². The quantitative estimate of drug-likeness (QED) is 0.572. The van der Waals surface area contributed by atoms with Crippen LogP contribution in [-0.2, 0) is 4.79 Å². The molecule has 0 radical (unpaired) electrons. The third-order valence-corrected chi connectivity index (χ3v) is 6.82. The molecule has 3 atom stereocenters. The fraction of sp³-hybridized carbons (Fsp3) is 0.500. The summed E-state index contributed by atoms with van der Waals surface area (Å²) >= 11 is 0. The molecule has 3 aromatic rings. The van der Waals surface area contributed by atoms with Crippen molar-refractivity contribution in [1.29, 1.82) is 0 Å². The molecule has 0 saturated carbocycles. The van der Waals surface area contributed by atoms with Crippen LogP contribution in [0.5, 0.6) is 0 Å². The van der Waals surface area contributed by atoms with Crippen LogP contribution in [0.2, 0.25) is 0 Å². The number of nitrogens with zero attached hydrogens (tertiary/aromatic N) is 6. The molecule has 2 N–H and O–H groups in total. The van der Waals surface area contributed by atoms with E-state index in [2.05, 4.69) is 44.9 Å². The number of aromatic nitrogens is 4. The lowest BCUT2D eigenvalue weighted by molar-refractivity contribution is -0.117. The molecule has 2 saturated heterocycles. The Labute approximate surface area is 197 Å². The molecule has 3 unspecified atom stereocenters. The molecule has 5 rings (SSSR count). The van der Waals surface area contributed by atoms with E-state index in [1.807, 2.05) is 11.0 Å². The Hall–Kier alpha value is -3.27. The second-order valence-corrected chi connectivity index (χ2v) is 9.10. The van der Waals surface area contributed by atoms with Crippen molar-refractivity contribution in [2.75, 3.05) is 34.8 Å². The summed E-state index contributed by atoms with van der Waals surface area (Å²) in [6.45, 7) is 5.59. The fourth-order valence-electron chi connectivity index (χ4n) is 4.65. The number of hydrogen-bond donors (Lipinski definition) is 2. The van der Waals surface area contributed by atoms with Gasteiger partial charge in [-0.05, 0) is 32.3 Å². The molecule has 2 aliphatic heterocycles. The van der Waals surface area contributed by atoms with Gasteiger partial charge in [0.1, 0.15) is 17.8 Å². The van der Waals surface area contributed by atoms with Gasteiger partial charge in [0.15, 0.2) is 0 Å². The van der Waals surface area contributed by atoms with Crippen LogP contribution in [0.15, 0.2) is 30.7 Å². The maximum atomic E-state index is 14.0. The largest absolute Gasteiger partial charge is 0.390 e. The Balaban J connectivity index is 1.44. The molecule has 34 heavy (non-hydrogen) atoms. The third kappa shape index (κ3) is 4.18. The SMILES string of the molecule is CCC(C)n1cc(N2CCCC2=O)c2cnc(Nc3ccnc(N4CCC(O)C(F)C4)n3)cc21. The predicted octanol–water partition coefficient (Wildman–Crippen LogP) is 3.58. The number of alkyl halides is 1. The van der Waals surface area contributed by atoms with Crippen LogP contribution < -0.4 is 15.1 Å². The first kappa shape index (κ1) is 22.5. The van der Waals surface area contributed by atoms with E-state index in [-0.39, 0.29) is 18.5 Å².